The number of rotatable bonds is 6. The Bertz CT molecular complexity index is 1060. The van der Waals surface area contributed by atoms with Crippen molar-refractivity contribution in [2.45, 2.75) is 6.92 Å². The number of hydrogen-bond donors (Lipinski definition) is 2. The van der Waals surface area contributed by atoms with E-state index >= 15 is 0 Å². The number of phenols is 2. The van der Waals surface area contributed by atoms with Crippen molar-refractivity contribution in [2.24, 2.45) is 4.99 Å². The maximum Gasteiger partial charge on any atom is 0.196 e. The molecule has 0 fully saturated rings. The van der Waals surface area contributed by atoms with Crippen molar-refractivity contribution >= 4 is 34.9 Å². The molecule has 2 aromatic carbocycles. The quantitative estimate of drug-likeness (QED) is 0.351. The fourth-order valence-corrected chi connectivity index (χ4v) is 3.73. The fourth-order valence-electron chi connectivity index (χ4n) is 2.54. The number of aryl methyl sites for hydroxylation is 1. The number of ether oxygens (including phenoxy) is 1. The molecule has 0 saturated heterocycles. The van der Waals surface area contributed by atoms with E-state index in [9.17, 15) is 15.0 Å². The van der Waals surface area contributed by atoms with Crippen molar-refractivity contribution in [1.82, 2.24) is 4.98 Å². The first-order chi connectivity index (χ1) is 13.4. The van der Waals surface area contributed by atoms with E-state index in [1.165, 1.54) is 29.7 Å². The van der Waals surface area contributed by atoms with Gasteiger partial charge >= 0.3 is 0 Å². The van der Waals surface area contributed by atoms with E-state index < -0.39 is 0 Å². The van der Waals surface area contributed by atoms with E-state index in [0.717, 1.165) is 5.56 Å². The lowest BCUT2D eigenvalue weighted by Crippen LogP contribution is -2.03. The number of aliphatic imine (C=N–C) groups is 1. The number of aromatic nitrogens is 1. The third-order valence-corrected chi connectivity index (χ3v) is 5.39. The predicted octanol–water partition coefficient (Wildman–Crippen LogP) is 4.49. The maximum absolute atomic E-state index is 12.5. The zero-order chi connectivity index (χ0) is 20.3. The SMILES string of the molecule is COc1cc(Cl)ccc1-c1nc(C)c(C(=O)CN=Cc2ccc(O)c(O)c2)s1. The summed E-state index contributed by atoms with van der Waals surface area (Å²) >= 11 is 7.28. The minimum Gasteiger partial charge on any atom is -0.504 e. The molecule has 0 aliphatic rings. The molecule has 0 aliphatic carbocycles. The highest BCUT2D eigenvalue weighted by Gasteiger charge is 2.18. The van der Waals surface area contributed by atoms with Crippen LogP contribution in [0.2, 0.25) is 5.02 Å². The Morgan fingerprint density at radius 2 is 2.04 bits per heavy atom. The summed E-state index contributed by atoms with van der Waals surface area (Å²) in [5.74, 6) is -0.0207. The summed E-state index contributed by atoms with van der Waals surface area (Å²) in [5, 5.41) is 20.0. The van der Waals surface area contributed by atoms with E-state index in [2.05, 4.69) is 9.98 Å². The van der Waals surface area contributed by atoms with Gasteiger partial charge in [-0.2, -0.15) is 0 Å². The van der Waals surface area contributed by atoms with Crippen LogP contribution in [0.25, 0.3) is 10.6 Å². The van der Waals surface area contributed by atoms with Crippen LogP contribution in [-0.4, -0.2) is 40.8 Å². The van der Waals surface area contributed by atoms with Gasteiger partial charge in [0.1, 0.15) is 17.3 Å². The van der Waals surface area contributed by atoms with E-state index in [0.29, 0.717) is 31.9 Å². The second-order valence-electron chi connectivity index (χ2n) is 5.92. The number of carbonyl (C=O) groups is 1. The minimum absolute atomic E-state index is 0.0537. The summed E-state index contributed by atoms with van der Waals surface area (Å²) < 4.78 is 5.36. The van der Waals surface area contributed by atoms with Crippen molar-refractivity contribution in [1.29, 1.82) is 0 Å². The highest BCUT2D eigenvalue weighted by atomic mass is 35.5. The number of Topliss-reactive ketones (excluding diaryl/α,β-unsaturated/α-hetero) is 1. The molecular formula is C20H17ClN2O4S. The molecule has 0 atom stereocenters. The smallest absolute Gasteiger partial charge is 0.196 e. The molecule has 0 saturated carbocycles. The topological polar surface area (TPSA) is 92.0 Å². The minimum atomic E-state index is -0.241. The molecule has 0 spiro atoms. The van der Waals surface area contributed by atoms with Crippen LogP contribution in [0, 0.1) is 6.92 Å². The second kappa shape index (κ2) is 8.41. The van der Waals surface area contributed by atoms with Crippen LogP contribution < -0.4 is 4.74 Å². The standard InChI is InChI=1S/C20H17ClN2O4S/c1-11-19(17(26)10-22-9-12-3-6-15(24)16(25)7-12)28-20(23-11)14-5-4-13(21)8-18(14)27-2/h3-9,24-25H,10H2,1-2H3. The lowest BCUT2D eigenvalue weighted by Gasteiger charge is -2.05. The van der Waals surface area contributed by atoms with Gasteiger partial charge in [0.05, 0.1) is 23.2 Å². The Morgan fingerprint density at radius 1 is 1.25 bits per heavy atom. The lowest BCUT2D eigenvalue weighted by molar-refractivity contribution is 0.100. The number of thiazole rings is 1. The number of phenolic OH excluding ortho intramolecular Hbond substituents is 2. The highest BCUT2D eigenvalue weighted by molar-refractivity contribution is 7.17. The monoisotopic (exact) mass is 416 g/mol. The Labute approximate surface area is 170 Å². The Hall–Kier alpha value is -2.90. The van der Waals surface area contributed by atoms with Crippen LogP contribution in [0.5, 0.6) is 17.2 Å². The first-order valence-corrected chi connectivity index (χ1v) is 9.45. The normalized spacial score (nSPS) is 11.1. The number of benzene rings is 2. The van der Waals surface area contributed by atoms with Crippen LogP contribution in [0.15, 0.2) is 41.4 Å². The summed E-state index contributed by atoms with van der Waals surface area (Å²) in [6.07, 6.45) is 1.47. The Kier molecular flexibility index (Phi) is 5.96. The van der Waals surface area contributed by atoms with Gasteiger partial charge in [0.15, 0.2) is 17.3 Å². The molecular weight excluding hydrogens is 400 g/mol. The number of ketones is 1. The van der Waals surface area contributed by atoms with Crippen LogP contribution in [0.1, 0.15) is 20.9 Å². The molecule has 144 valence electrons. The second-order valence-corrected chi connectivity index (χ2v) is 7.35. The third kappa shape index (κ3) is 4.32. The van der Waals surface area contributed by atoms with Gasteiger partial charge < -0.3 is 14.9 Å². The van der Waals surface area contributed by atoms with Gasteiger partial charge in [0.25, 0.3) is 0 Å². The maximum atomic E-state index is 12.5. The zero-order valence-electron chi connectivity index (χ0n) is 15.1. The summed E-state index contributed by atoms with van der Waals surface area (Å²) in [6, 6.07) is 9.57. The molecule has 6 nitrogen and oxygen atoms in total. The Morgan fingerprint density at radius 3 is 2.75 bits per heavy atom. The van der Waals surface area contributed by atoms with Crippen molar-refractivity contribution in [3.63, 3.8) is 0 Å². The third-order valence-electron chi connectivity index (χ3n) is 3.92. The van der Waals surface area contributed by atoms with Gasteiger partial charge in [-0.05, 0) is 48.9 Å². The van der Waals surface area contributed by atoms with E-state index in [1.54, 1.807) is 32.2 Å². The van der Waals surface area contributed by atoms with Crippen LogP contribution >= 0.6 is 22.9 Å². The molecule has 3 aromatic rings. The largest absolute Gasteiger partial charge is 0.504 e. The number of aromatic hydroxyl groups is 2. The van der Waals surface area contributed by atoms with Gasteiger partial charge in [-0.15, -0.1) is 11.3 Å². The molecule has 0 amide bonds. The number of carbonyl (C=O) groups excluding carboxylic acids is 1. The zero-order valence-corrected chi connectivity index (χ0v) is 16.7. The fraction of sp³-hybridized carbons (Fsp3) is 0.150. The predicted molar refractivity (Wildman–Crippen MR) is 110 cm³/mol. The highest BCUT2D eigenvalue weighted by Crippen LogP contribution is 2.36. The van der Waals surface area contributed by atoms with E-state index in [1.807, 2.05) is 6.07 Å². The molecule has 0 bridgehead atoms. The number of nitrogens with zero attached hydrogens (tertiary/aromatic N) is 2. The lowest BCUT2D eigenvalue weighted by atomic mass is 10.2. The van der Waals surface area contributed by atoms with Gasteiger partial charge in [0, 0.05) is 11.2 Å². The van der Waals surface area contributed by atoms with Gasteiger partial charge in [-0.3, -0.25) is 9.79 Å². The Balaban J connectivity index is 1.78. The molecule has 1 aromatic heterocycles. The van der Waals surface area contributed by atoms with Crippen molar-refractivity contribution < 1.29 is 19.7 Å². The average Bonchev–Trinajstić information content (AvgIpc) is 3.06. The van der Waals surface area contributed by atoms with Crippen LogP contribution in [0.3, 0.4) is 0 Å². The average molecular weight is 417 g/mol. The molecule has 1 heterocycles. The molecule has 8 heteroatoms. The number of methoxy groups -OCH3 is 1. The summed E-state index contributed by atoms with van der Waals surface area (Å²) in [6.45, 7) is 1.72. The first kappa shape index (κ1) is 19.9. The van der Waals surface area contributed by atoms with E-state index in [-0.39, 0.29) is 23.8 Å². The van der Waals surface area contributed by atoms with E-state index in [4.69, 9.17) is 16.3 Å². The molecule has 0 unspecified atom stereocenters. The van der Waals surface area contributed by atoms with Crippen LogP contribution in [0.4, 0.5) is 0 Å². The first-order valence-electron chi connectivity index (χ1n) is 8.25. The van der Waals surface area contributed by atoms with Crippen molar-refractivity contribution in [3.8, 4) is 27.8 Å². The van der Waals surface area contributed by atoms with Gasteiger partial charge in [-0.25, -0.2) is 4.98 Å². The molecule has 2 N–H and O–H groups in total. The van der Waals surface area contributed by atoms with Crippen molar-refractivity contribution in [2.75, 3.05) is 13.7 Å². The number of halogens is 1. The number of hydrogen-bond acceptors (Lipinski definition) is 7. The molecule has 0 aliphatic heterocycles. The summed E-state index contributed by atoms with van der Waals surface area (Å²) in [5.41, 5.74) is 1.97. The van der Waals surface area contributed by atoms with Crippen molar-refractivity contribution in [3.05, 3.63) is 57.6 Å². The van der Waals surface area contributed by atoms with Crippen LogP contribution in [-0.2, 0) is 0 Å². The summed E-state index contributed by atoms with van der Waals surface area (Å²) in [4.78, 5) is 21.7. The molecule has 3 rings (SSSR count). The summed E-state index contributed by atoms with van der Waals surface area (Å²) in [7, 11) is 1.55. The van der Waals surface area contributed by atoms with Gasteiger partial charge in [0.2, 0.25) is 0 Å². The van der Waals surface area contributed by atoms with Gasteiger partial charge in [-0.1, -0.05) is 11.6 Å². The molecule has 0 radical (unpaired) electrons. The molecule has 28 heavy (non-hydrogen) atoms.